The van der Waals surface area contributed by atoms with Gasteiger partial charge >= 0.3 is 6.18 Å². The Balaban J connectivity index is 0.00000243. The van der Waals surface area contributed by atoms with Crippen molar-refractivity contribution in [1.29, 1.82) is 0 Å². The molecule has 0 amide bonds. The number of halogens is 4. The lowest BCUT2D eigenvalue weighted by atomic mass is 9.91. The van der Waals surface area contributed by atoms with Crippen LogP contribution >= 0.6 is 23.7 Å². The standard InChI is InChI=1S/C16H13F3N4OS.ClH/c1-15(5-12(16(17,18)19)24-14(20)23-15)13-4-10(8-25-13)9-3-11(21-2)7-22-6-9;/h3-4,6-8,12H,5H2,1H3,(H2,20,23);1H/t12-,15-;/m0./s1. The lowest BCUT2D eigenvalue weighted by Gasteiger charge is -2.34. The lowest BCUT2D eigenvalue weighted by molar-refractivity contribution is -0.208. The fraction of sp³-hybridized carbons (Fsp3) is 0.312. The summed E-state index contributed by atoms with van der Waals surface area (Å²) in [5, 5.41) is 1.80. The maximum atomic E-state index is 13.1. The van der Waals surface area contributed by atoms with E-state index >= 15 is 0 Å². The third-order valence-electron chi connectivity index (χ3n) is 3.88. The number of nitrogens with zero attached hydrogens (tertiary/aromatic N) is 3. The first-order valence-corrected chi connectivity index (χ1v) is 8.10. The van der Waals surface area contributed by atoms with E-state index in [4.69, 9.17) is 12.3 Å². The Labute approximate surface area is 157 Å². The van der Waals surface area contributed by atoms with Crippen molar-refractivity contribution in [2.75, 3.05) is 0 Å². The van der Waals surface area contributed by atoms with Crippen molar-refractivity contribution >= 4 is 35.5 Å². The summed E-state index contributed by atoms with van der Waals surface area (Å²) in [6.45, 7) is 8.64. The van der Waals surface area contributed by atoms with Gasteiger partial charge in [0.1, 0.15) is 5.54 Å². The first-order chi connectivity index (χ1) is 11.7. The highest BCUT2D eigenvalue weighted by atomic mass is 35.5. The van der Waals surface area contributed by atoms with Gasteiger partial charge in [-0.2, -0.15) is 13.2 Å². The highest BCUT2D eigenvalue weighted by Gasteiger charge is 2.49. The summed E-state index contributed by atoms with van der Waals surface area (Å²) in [7, 11) is 0. The van der Waals surface area contributed by atoms with Gasteiger partial charge in [-0.25, -0.2) is 9.84 Å². The fourth-order valence-electron chi connectivity index (χ4n) is 2.62. The van der Waals surface area contributed by atoms with Crippen molar-refractivity contribution in [3.63, 3.8) is 0 Å². The zero-order valence-corrected chi connectivity index (χ0v) is 15.1. The number of amidine groups is 1. The Morgan fingerprint density at radius 1 is 1.35 bits per heavy atom. The van der Waals surface area contributed by atoms with E-state index in [1.54, 1.807) is 30.6 Å². The quantitative estimate of drug-likeness (QED) is 0.743. The summed E-state index contributed by atoms with van der Waals surface area (Å²) < 4.78 is 43.8. The van der Waals surface area contributed by atoms with Gasteiger partial charge in [-0.1, -0.05) is 0 Å². The average molecular weight is 403 g/mol. The molecule has 0 aliphatic carbocycles. The highest BCUT2D eigenvalue weighted by Crippen LogP contribution is 2.43. The molecule has 0 saturated heterocycles. The predicted molar refractivity (Wildman–Crippen MR) is 95.6 cm³/mol. The Bertz CT molecular complexity index is 877. The van der Waals surface area contributed by atoms with Gasteiger partial charge < -0.3 is 10.5 Å². The first-order valence-electron chi connectivity index (χ1n) is 7.22. The van der Waals surface area contributed by atoms with Crippen LogP contribution in [0.5, 0.6) is 0 Å². The van der Waals surface area contributed by atoms with Gasteiger partial charge in [0.2, 0.25) is 5.69 Å². The summed E-state index contributed by atoms with van der Waals surface area (Å²) in [4.78, 5) is 12.1. The second-order valence-electron chi connectivity index (χ2n) is 5.82. The zero-order valence-electron chi connectivity index (χ0n) is 13.4. The topological polar surface area (TPSA) is 64.9 Å². The van der Waals surface area contributed by atoms with Gasteiger partial charge in [0.25, 0.3) is 6.02 Å². The van der Waals surface area contributed by atoms with Crippen molar-refractivity contribution in [3.05, 3.63) is 46.2 Å². The lowest BCUT2D eigenvalue weighted by Crippen LogP contribution is -2.45. The molecule has 2 atom stereocenters. The molecule has 0 aromatic carbocycles. The second-order valence-corrected chi connectivity index (χ2v) is 6.73. The molecule has 2 N–H and O–H groups in total. The molecular weight excluding hydrogens is 389 g/mol. The summed E-state index contributed by atoms with van der Waals surface area (Å²) >= 11 is 1.29. The third kappa shape index (κ3) is 3.92. The number of ether oxygens (including phenoxy) is 1. The molecule has 0 fully saturated rings. The molecule has 0 radical (unpaired) electrons. The van der Waals surface area contributed by atoms with Crippen molar-refractivity contribution in [1.82, 2.24) is 4.98 Å². The summed E-state index contributed by atoms with van der Waals surface area (Å²) in [5.74, 6) is 0. The number of thiophene rings is 1. The normalized spacial score (nSPS) is 22.6. The molecule has 0 unspecified atom stereocenters. The molecule has 0 bridgehead atoms. The van der Waals surface area contributed by atoms with E-state index < -0.39 is 23.8 Å². The van der Waals surface area contributed by atoms with E-state index in [1.807, 2.05) is 0 Å². The Morgan fingerprint density at radius 2 is 2.08 bits per heavy atom. The monoisotopic (exact) mass is 402 g/mol. The number of hydrogen-bond donors (Lipinski definition) is 1. The van der Waals surface area contributed by atoms with Crippen LogP contribution in [0.4, 0.5) is 18.9 Å². The molecule has 1 aliphatic heterocycles. The molecule has 1 aliphatic rings. The summed E-state index contributed by atoms with van der Waals surface area (Å²) in [6, 6.07) is 2.96. The Kier molecular flexibility index (Phi) is 5.49. The minimum absolute atomic E-state index is 0. The fourth-order valence-corrected chi connectivity index (χ4v) is 3.65. The van der Waals surface area contributed by atoms with E-state index in [1.165, 1.54) is 17.5 Å². The largest absolute Gasteiger partial charge is 0.452 e. The minimum Gasteiger partial charge on any atom is -0.452 e. The maximum Gasteiger partial charge on any atom is 0.425 e. The molecule has 138 valence electrons. The Hall–Kier alpha value is -2.31. The van der Waals surface area contributed by atoms with Crippen LogP contribution in [0.2, 0.25) is 0 Å². The molecule has 2 aromatic heterocycles. The molecule has 0 saturated carbocycles. The van der Waals surface area contributed by atoms with Gasteiger partial charge in [-0.05, 0) is 35.6 Å². The summed E-state index contributed by atoms with van der Waals surface area (Å²) in [5.41, 5.74) is 6.23. The SMILES string of the molecule is Cl.[C-]#[N+]c1cncc(-c2csc([C@]3(C)C[C@@H](C(F)(F)F)OC(N)=N3)c2)c1. The van der Waals surface area contributed by atoms with Crippen molar-refractivity contribution < 1.29 is 17.9 Å². The van der Waals surface area contributed by atoms with Crippen LogP contribution in [0.3, 0.4) is 0 Å². The number of pyridine rings is 1. The van der Waals surface area contributed by atoms with Crippen LogP contribution in [-0.2, 0) is 10.3 Å². The van der Waals surface area contributed by atoms with Crippen LogP contribution in [0, 0.1) is 6.57 Å². The van der Waals surface area contributed by atoms with Crippen molar-refractivity contribution in [2.24, 2.45) is 10.7 Å². The molecule has 5 nitrogen and oxygen atoms in total. The number of aliphatic imine (C=N–C) groups is 1. The minimum atomic E-state index is -4.52. The smallest absolute Gasteiger partial charge is 0.425 e. The number of aromatic nitrogens is 1. The van der Waals surface area contributed by atoms with E-state index in [-0.39, 0.29) is 18.8 Å². The number of nitrogens with two attached hydrogens (primary N) is 1. The predicted octanol–water partition coefficient (Wildman–Crippen LogP) is 4.66. The average Bonchev–Trinajstić information content (AvgIpc) is 3.04. The van der Waals surface area contributed by atoms with E-state index in [0.717, 1.165) is 11.1 Å². The molecule has 3 heterocycles. The van der Waals surface area contributed by atoms with Gasteiger partial charge in [-0.3, -0.25) is 4.98 Å². The van der Waals surface area contributed by atoms with Gasteiger partial charge in [0.15, 0.2) is 6.10 Å². The molecule has 3 rings (SSSR count). The molecule has 2 aromatic rings. The van der Waals surface area contributed by atoms with Crippen LogP contribution < -0.4 is 5.73 Å². The number of alkyl halides is 3. The molecular formula is C16H14ClF3N4OS. The van der Waals surface area contributed by atoms with Gasteiger partial charge in [-0.15, -0.1) is 23.7 Å². The van der Waals surface area contributed by atoms with Crippen LogP contribution in [-0.4, -0.2) is 23.3 Å². The first kappa shape index (κ1) is 20.0. The molecule has 26 heavy (non-hydrogen) atoms. The Morgan fingerprint density at radius 3 is 2.73 bits per heavy atom. The van der Waals surface area contributed by atoms with E-state index in [2.05, 4.69) is 19.6 Å². The third-order valence-corrected chi connectivity index (χ3v) is 5.07. The van der Waals surface area contributed by atoms with Gasteiger partial charge in [0, 0.05) is 23.7 Å². The maximum absolute atomic E-state index is 13.1. The molecule has 0 spiro atoms. The van der Waals surface area contributed by atoms with Crippen LogP contribution in [0.1, 0.15) is 18.2 Å². The highest BCUT2D eigenvalue weighted by molar-refractivity contribution is 7.10. The number of hydrogen-bond acceptors (Lipinski definition) is 5. The van der Waals surface area contributed by atoms with Gasteiger partial charge in [0.05, 0.1) is 6.57 Å². The van der Waals surface area contributed by atoms with Crippen LogP contribution in [0.15, 0.2) is 34.9 Å². The summed E-state index contributed by atoms with van der Waals surface area (Å²) in [6.07, 6.45) is -3.81. The zero-order chi connectivity index (χ0) is 18.2. The van der Waals surface area contributed by atoms with E-state index in [0.29, 0.717) is 10.6 Å². The number of rotatable bonds is 2. The second kappa shape index (κ2) is 7.13. The van der Waals surface area contributed by atoms with Crippen LogP contribution in [0.25, 0.3) is 16.0 Å². The molecule has 10 heteroatoms. The van der Waals surface area contributed by atoms with Crippen molar-refractivity contribution in [2.45, 2.75) is 31.2 Å². The van der Waals surface area contributed by atoms with Crippen molar-refractivity contribution in [3.8, 4) is 11.1 Å². The van der Waals surface area contributed by atoms with E-state index in [9.17, 15) is 13.2 Å².